The summed E-state index contributed by atoms with van der Waals surface area (Å²) in [6.45, 7) is 5.43. The summed E-state index contributed by atoms with van der Waals surface area (Å²) in [4.78, 5) is 0. The van der Waals surface area contributed by atoms with Crippen LogP contribution in [-0.2, 0) is 0 Å². The fourth-order valence-electron chi connectivity index (χ4n) is 0.741. The van der Waals surface area contributed by atoms with Crippen LogP contribution < -0.4 is 22.1 Å². The van der Waals surface area contributed by atoms with E-state index in [1.807, 2.05) is 0 Å². The molecule has 5 nitrogen and oxygen atoms in total. The van der Waals surface area contributed by atoms with Crippen LogP contribution in [-0.4, -0.2) is 37.1 Å². The van der Waals surface area contributed by atoms with Gasteiger partial charge in [-0.05, 0) is 0 Å². The Labute approximate surface area is 72.8 Å². The molecule has 0 fully saturated rings. The van der Waals surface area contributed by atoms with Crippen LogP contribution in [0.2, 0.25) is 0 Å². The number of aliphatic hydroxyl groups excluding tert-OH is 1. The quantitative estimate of drug-likeness (QED) is 0.173. The number of nitrogens with two attached hydrogens (primary N) is 2. The van der Waals surface area contributed by atoms with E-state index in [9.17, 15) is 0 Å². The Hall–Kier alpha value is -0.460. The van der Waals surface area contributed by atoms with Crippen molar-refractivity contribution in [2.45, 2.75) is 12.4 Å². The number of hydrogen-bond acceptors (Lipinski definition) is 5. The summed E-state index contributed by atoms with van der Waals surface area (Å²) in [6, 6.07) is 0.127. The SMILES string of the molecule is C=CC(CN)NCCNC(N)O. The summed E-state index contributed by atoms with van der Waals surface area (Å²) in [5.74, 6) is 0. The maximum Gasteiger partial charge on any atom is 0.157 e. The molecule has 0 aromatic heterocycles. The fourth-order valence-corrected chi connectivity index (χ4v) is 0.741. The molecule has 0 rings (SSSR count). The molecular formula is C7H18N4O. The number of nitrogens with one attached hydrogen (secondary N) is 2. The van der Waals surface area contributed by atoms with Gasteiger partial charge in [-0.25, -0.2) is 0 Å². The molecule has 0 saturated carbocycles. The van der Waals surface area contributed by atoms with E-state index < -0.39 is 6.35 Å². The number of rotatable bonds is 7. The van der Waals surface area contributed by atoms with Gasteiger partial charge in [-0.2, -0.15) is 0 Å². The molecule has 0 aromatic rings. The van der Waals surface area contributed by atoms with Crippen molar-refractivity contribution >= 4 is 0 Å². The van der Waals surface area contributed by atoms with Crippen molar-refractivity contribution in [1.29, 1.82) is 0 Å². The van der Waals surface area contributed by atoms with Crippen molar-refractivity contribution in [3.8, 4) is 0 Å². The zero-order valence-electron chi connectivity index (χ0n) is 7.16. The first-order chi connectivity index (χ1) is 5.70. The van der Waals surface area contributed by atoms with Crippen molar-refractivity contribution in [3.63, 3.8) is 0 Å². The molecule has 0 amide bonds. The molecule has 2 atom stereocenters. The number of hydrogen-bond donors (Lipinski definition) is 5. The molecule has 0 saturated heterocycles. The predicted octanol–water partition coefficient (Wildman–Crippen LogP) is -2.09. The standard InChI is InChI=1S/C7H18N4O/c1-2-6(5-8)10-3-4-11-7(9)12/h2,6-7,10-12H,1,3-5,8-9H2. The van der Waals surface area contributed by atoms with Crippen LogP contribution >= 0.6 is 0 Å². The Bertz CT molecular complexity index is 118. The third-order valence-corrected chi connectivity index (χ3v) is 1.42. The molecule has 0 heterocycles. The lowest BCUT2D eigenvalue weighted by Gasteiger charge is -2.13. The van der Waals surface area contributed by atoms with E-state index in [1.165, 1.54) is 0 Å². The summed E-state index contributed by atoms with van der Waals surface area (Å²) in [5, 5.41) is 14.4. The Morgan fingerprint density at radius 3 is 2.42 bits per heavy atom. The van der Waals surface area contributed by atoms with E-state index in [0.717, 1.165) is 0 Å². The smallest absolute Gasteiger partial charge is 0.157 e. The predicted molar refractivity (Wildman–Crippen MR) is 49.2 cm³/mol. The van der Waals surface area contributed by atoms with Crippen molar-refractivity contribution in [3.05, 3.63) is 12.7 Å². The fraction of sp³-hybridized carbons (Fsp3) is 0.714. The van der Waals surface area contributed by atoms with E-state index in [0.29, 0.717) is 19.6 Å². The second kappa shape index (κ2) is 7.20. The molecular weight excluding hydrogens is 156 g/mol. The Balaban J connectivity index is 3.23. The zero-order chi connectivity index (χ0) is 9.40. The summed E-state index contributed by atoms with van der Waals surface area (Å²) >= 11 is 0. The third kappa shape index (κ3) is 6.26. The average molecular weight is 174 g/mol. The summed E-state index contributed by atoms with van der Waals surface area (Å²) in [7, 11) is 0. The largest absolute Gasteiger partial charge is 0.366 e. The van der Waals surface area contributed by atoms with Crippen LogP contribution in [0, 0.1) is 0 Å². The lowest BCUT2D eigenvalue weighted by molar-refractivity contribution is 0.145. The van der Waals surface area contributed by atoms with Crippen LogP contribution in [0.15, 0.2) is 12.7 Å². The molecule has 2 unspecified atom stereocenters. The minimum absolute atomic E-state index is 0.127. The summed E-state index contributed by atoms with van der Waals surface area (Å²) < 4.78 is 0. The molecule has 72 valence electrons. The van der Waals surface area contributed by atoms with Crippen LogP contribution in [0.25, 0.3) is 0 Å². The van der Waals surface area contributed by atoms with Gasteiger partial charge in [0.2, 0.25) is 0 Å². The monoisotopic (exact) mass is 174 g/mol. The lowest BCUT2D eigenvalue weighted by Crippen LogP contribution is -2.43. The summed E-state index contributed by atoms with van der Waals surface area (Å²) in [6.07, 6.45) is 0.797. The Morgan fingerprint density at radius 1 is 1.42 bits per heavy atom. The van der Waals surface area contributed by atoms with Gasteiger partial charge in [0.05, 0.1) is 0 Å². The van der Waals surface area contributed by atoms with Gasteiger partial charge in [0.25, 0.3) is 0 Å². The van der Waals surface area contributed by atoms with Gasteiger partial charge in [0, 0.05) is 25.7 Å². The second-order valence-corrected chi connectivity index (χ2v) is 2.43. The third-order valence-electron chi connectivity index (χ3n) is 1.42. The van der Waals surface area contributed by atoms with Gasteiger partial charge in [-0.3, -0.25) is 11.1 Å². The molecule has 7 N–H and O–H groups in total. The van der Waals surface area contributed by atoms with E-state index in [1.54, 1.807) is 6.08 Å². The first-order valence-corrected chi connectivity index (χ1v) is 3.93. The average Bonchev–Trinajstić information content (AvgIpc) is 2.04. The van der Waals surface area contributed by atoms with E-state index in [2.05, 4.69) is 17.2 Å². The van der Waals surface area contributed by atoms with Gasteiger partial charge in [-0.1, -0.05) is 6.08 Å². The lowest BCUT2D eigenvalue weighted by atomic mass is 10.3. The van der Waals surface area contributed by atoms with Crippen molar-refractivity contribution in [2.75, 3.05) is 19.6 Å². The van der Waals surface area contributed by atoms with Gasteiger partial charge in [0.1, 0.15) is 0 Å². The Kier molecular flexibility index (Phi) is 6.93. The maximum atomic E-state index is 8.63. The van der Waals surface area contributed by atoms with Gasteiger partial charge in [-0.15, -0.1) is 6.58 Å². The van der Waals surface area contributed by atoms with Crippen LogP contribution in [0.3, 0.4) is 0 Å². The van der Waals surface area contributed by atoms with Gasteiger partial charge < -0.3 is 16.2 Å². The first kappa shape index (κ1) is 11.5. The highest BCUT2D eigenvalue weighted by atomic mass is 16.3. The molecule has 0 radical (unpaired) electrons. The van der Waals surface area contributed by atoms with E-state index >= 15 is 0 Å². The Morgan fingerprint density at radius 2 is 2.00 bits per heavy atom. The van der Waals surface area contributed by atoms with Gasteiger partial charge >= 0.3 is 0 Å². The topological polar surface area (TPSA) is 96.3 Å². The van der Waals surface area contributed by atoms with Crippen LogP contribution in [0.4, 0.5) is 0 Å². The van der Waals surface area contributed by atoms with Crippen molar-refractivity contribution in [2.24, 2.45) is 11.5 Å². The molecule has 0 aliphatic carbocycles. The highest BCUT2D eigenvalue weighted by Crippen LogP contribution is 1.78. The van der Waals surface area contributed by atoms with E-state index in [4.69, 9.17) is 16.6 Å². The minimum Gasteiger partial charge on any atom is -0.366 e. The molecule has 0 bridgehead atoms. The second-order valence-electron chi connectivity index (χ2n) is 2.43. The highest BCUT2D eigenvalue weighted by molar-refractivity contribution is 4.86. The van der Waals surface area contributed by atoms with Crippen molar-refractivity contribution < 1.29 is 5.11 Å². The molecule has 12 heavy (non-hydrogen) atoms. The normalized spacial score (nSPS) is 15.6. The molecule has 0 aliphatic rings. The molecule has 0 aromatic carbocycles. The summed E-state index contributed by atoms with van der Waals surface area (Å²) in [5.41, 5.74) is 10.4. The molecule has 5 heteroatoms. The molecule has 0 aliphatic heterocycles. The minimum atomic E-state index is -0.952. The molecule has 0 spiro atoms. The van der Waals surface area contributed by atoms with Crippen LogP contribution in [0.1, 0.15) is 0 Å². The highest BCUT2D eigenvalue weighted by Gasteiger charge is 1.98. The van der Waals surface area contributed by atoms with Gasteiger partial charge in [0.15, 0.2) is 6.35 Å². The number of aliphatic hydroxyl groups is 1. The van der Waals surface area contributed by atoms with Crippen LogP contribution in [0.5, 0.6) is 0 Å². The zero-order valence-corrected chi connectivity index (χ0v) is 7.16. The maximum absolute atomic E-state index is 8.63. The first-order valence-electron chi connectivity index (χ1n) is 3.93. The van der Waals surface area contributed by atoms with E-state index in [-0.39, 0.29) is 6.04 Å². The van der Waals surface area contributed by atoms with Crippen molar-refractivity contribution in [1.82, 2.24) is 10.6 Å².